The summed E-state index contributed by atoms with van der Waals surface area (Å²) in [5.41, 5.74) is 1.09. The fourth-order valence-corrected chi connectivity index (χ4v) is 1.30. The SMILES string of the molecule is CC1=CCCC(n2cccn2)=N1. The normalized spacial score (nSPS) is 17.1. The predicted octanol–water partition coefficient (Wildman–Crippen LogP) is 1.83. The summed E-state index contributed by atoms with van der Waals surface area (Å²) in [6, 6.07) is 1.91. The van der Waals surface area contributed by atoms with Crippen LogP contribution in [0.3, 0.4) is 0 Å². The van der Waals surface area contributed by atoms with Crippen LogP contribution in [0.2, 0.25) is 0 Å². The molecule has 0 aliphatic carbocycles. The third kappa shape index (κ3) is 1.30. The van der Waals surface area contributed by atoms with Gasteiger partial charge in [0.2, 0.25) is 0 Å². The van der Waals surface area contributed by atoms with Crippen LogP contribution in [-0.4, -0.2) is 15.6 Å². The largest absolute Gasteiger partial charge is 0.239 e. The minimum Gasteiger partial charge on any atom is -0.239 e. The van der Waals surface area contributed by atoms with Crippen LogP contribution in [0.1, 0.15) is 19.8 Å². The van der Waals surface area contributed by atoms with Gasteiger partial charge in [-0.15, -0.1) is 0 Å². The van der Waals surface area contributed by atoms with E-state index in [0.717, 1.165) is 24.4 Å². The van der Waals surface area contributed by atoms with Crippen molar-refractivity contribution in [3.8, 4) is 0 Å². The predicted molar refractivity (Wildman–Crippen MR) is 48.1 cm³/mol. The van der Waals surface area contributed by atoms with Crippen molar-refractivity contribution in [2.24, 2.45) is 4.99 Å². The molecule has 2 rings (SSSR count). The van der Waals surface area contributed by atoms with Gasteiger partial charge in [-0.2, -0.15) is 5.10 Å². The van der Waals surface area contributed by atoms with Crippen LogP contribution in [-0.2, 0) is 0 Å². The third-order valence-electron chi connectivity index (χ3n) is 1.88. The molecule has 0 fully saturated rings. The molecule has 3 nitrogen and oxygen atoms in total. The summed E-state index contributed by atoms with van der Waals surface area (Å²) in [5, 5.41) is 4.13. The highest BCUT2D eigenvalue weighted by molar-refractivity contribution is 5.85. The lowest BCUT2D eigenvalue weighted by atomic mass is 10.2. The third-order valence-corrected chi connectivity index (χ3v) is 1.88. The molecule has 0 aromatic carbocycles. The molecule has 0 bridgehead atoms. The highest BCUT2D eigenvalue weighted by Crippen LogP contribution is 2.10. The number of nitrogens with zero attached hydrogens (tertiary/aromatic N) is 3. The average molecular weight is 161 g/mol. The van der Waals surface area contributed by atoms with Gasteiger partial charge in [-0.05, 0) is 19.4 Å². The maximum absolute atomic E-state index is 4.40. The van der Waals surface area contributed by atoms with E-state index in [2.05, 4.69) is 16.2 Å². The Morgan fingerprint density at radius 3 is 3.08 bits per heavy atom. The second-order valence-corrected chi connectivity index (χ2v) is 2.86. The number of hydrogen-bond acceptors (Lipinski definition) is 2. The van der Waals surface area contributed by atoms with Crippen LogP contribution >= 0.6 is 0 Å². The molecular formula is C9H11N3. The molecule has 0 spiro atoms. The molecule has 0 N–H and O–H groups in total. The highest BCUT2D eigenvalue weighted by atomic mass is 15.3. The Morgan fingerprint density at radius 1 is 1.50 bits per heavy atom. The van der Waals surface area contributed by atoms with Crippen LogP contribution in [0, 0.1) is 0 Å². The number of aliphatic imine (C=N–C) groups is 1. The quantitative estimate of drug-likeness (QED) is 0.571. The van der Waals surface area contributed by atoms with Crippen molar-refractivity contribution in [2.75, 3.05) is 0 Å². The Balaban J connectivity index is 2.31. The van der Waals surface area contributed by atoms with Gasteiger partial charge in [0, 0.05) is 24.5 Å². The highest BCUT2D eigenvalue weighted by Gasteiger charge is 2.05. The second-order valence-electron chi connectivity index (χ2n) is 2.86. The van der Waals surface area contributed by atoms with Gasteiger partial charge >= 0.3 is 0 Å². The van der Waals surface area contributed by atoms with E-state index in [9.17, 15) is 0 Å². The smallest absolute Gasteiger partial charge is 0.130 e. The topological polar surface area (TPSA) is 30.2 Å². The van der Waals surface area contributed by atoms with E-state index in [0.29, 0.717) is 0 Å². The Labute approximate surface area is 71.4 Å². The van der Waals surface area contributed by atoms with Crippen LogP contribution in [0.4, 0.5) is 0 Å². The van der Waals surface area contributed by atoms with Crippen molar-refractivity contribution in [1.82, 2.24) is 9.78 Å². The van der Waals surface area contributed by atoms with Gasteiger partial charge in [0.25, 0.3) is 0 Å². The zero-order valence-corrected chi connectivity index (χ0v) is 7.07. The monoisotopic (exact) mass is 161 g/mol. The van der Waals surface area contributed by atoms with E-state index >= 15 is 0 Å². The van der Waals surface area contributed by atoms with E-state index in [1.807, 2.05) is 23.9 Å². The molecule has 0 saturated carbocycles. The van der Waals surface area contributed by atoms with Crippen molar-refractivity contribution in [1.29, 1.82) is 0 Å². The molecule has 2 heterocycles. The van der Waals surface area contributed by atoms with Crippen molar-refractivity contribution >= 4 is 5.84 Å². The molecule has 1 aliphatic rings. The summed E-state index contributed by atoms with van der Waals surface area (Å²) in [5.74, 6) is 1.04. The molecule has 3 heteroatoms. The maximum Gasteiger partial charge on any atom is 0.130 e. The van der Waals surface area contributed by atoms with Gasteiger partial charge in [0.1, 0.15) is 5.84 Å². The standard InChI is InChI=1S/C9H11N3/c1-8-4-2-5-9(11-8)12-7-3-6-10-12/h3-4,6-7H,2,5H2,1H3. The van der Waals surface area contributed by atoms with E-state index < -0.39 is 0 Å². The summed E-state index contributed by atoms with van der Waals surface area (Å²) < 4.78 is 1.83. The summed E-state index contributed by atoms with van der Waals surface area (Å²) in [6.45, 7) is 2.02. The fourth-order valence-electron chi connectivity index (χ4n) is 1.30. The lowest BCUT2D eigenvalue weighted by Crippen LogP contribution is -2.14. The zero-order valence-electron chi connectivity index (χ0n) is 7.07. The fraction of sp³-hybridized carbons (Fsp3) is 0.333. The first-order valence-corrected chi connectivity index (χ1v) is 4.10. The molecule has 12 heavy (non-hydrogen) atoms. The summed E-state index contributed by atoms with van der Waals surface area (Å²) >= 11 is 0. The van der Waals surface area contributed by atoms with Crippen molar-refractivity contribution in [3.05, 3.63) is 30.2 Å². The van der Waals surface area contributed by atoms with Crippen LogP contribution in [0.5, 0.6) is 0 Å². The number of rotatable bonds is 0. The van der Waals surface area contributed by atoms with Crippen LogP contribution < -0.4 is 0 Å². The Bertz CT molecular complexity index is 320. The molecule has 0 radical (unpaired) electrons. The molecular weight excluding hydrogens is 150 g/mol. The van der Waals surface area contributed by atoms with Crippen molar-refractivity contribution in [2.45, 2.75) is 19.8 Å². The van der Waals surface area contributed by atoms with Gasteiger partial charge in [-0.25, -0.2) is 9.67 Å². The van der Waals surface area contributed by atoms with E-state index in [1.165, 1.54) is 0 Å². The first-order valence-electron chi connectivity index (χ1n) is 4.10. The Kier molecular flexibility index (Phi) is 1.78. The lowest BCUT2D eigenvalue weighted by molar-refractivity contribution is 0.861. The van der Waals surface area contributed by atoms with Crippen molar-refractivity contribution in [3.63, 3.8) is 0 Å². The van der Waals surface area contributed by atoms with Crippen molar-refractivity contribution < 1.29 is 0 Å². The average Bonchev–Trinajstić information content (AvgIpc) is 2.56. The second kappa shape index (κ2) is 2.93. The number of aromatic nitrogens is 2. The van der Waals surface area contributed by atoms with Gasteiger partial charge in [-0.3, -0.25) is 0 Å². The minimum atomic E-state index is 0.985. The molecule has 0 unspecified atom stereocenters. The maximum atomic E-state index is 4.40. The van der Waals surface area contributed by atoms with E-state index in [-0.39, 0.29) is 0 Å². The Hall–Kier alpha value is -1.38. The number of hydrogen-bond donors (Lipinski definition) is 0. The zero-order chi connectivity index (χ0) is 8.39. The minimum absolute atomic E-state index is 0.985. The van der Waals surface area contributed by atoms with Gasteiger partial charge in [0.05, 0.1) is 0 Å². The van der Waals surface area contributed by atoms with Gasteiger partial charge in [0.15, 0.2) is 0 Å². The molecule has 1 aliphatic heterocycles. The summed E-state index contributed by atoms with van der Waals surface area (Å²) in [6.07, 6.45) is 7.91. The van der Waals surface area contributed by atoms with Crippen LogP contribution in [0.15, 0.2) is 35.2 Å². The molecule has 1 aromatic heterocycles. The molecule has 62 valence electrons. The van der Waals surface area contributed by atoms with E-state index in [4.69, 9.17) is 0 Å². The number of allylic oxidation sites excluding steroid dienone is 2. The van der Waals surface area contributed by atoms with Crippen LogP contribution in [0.25, 0.3) is 0 Å². The lowest BCUT2D eigenvalue weighted by Gasteiger charge is -2.09. The Morgan fingerprint density at radius 2 is 2.42 bits per heavy atom. The van der Waals surface area contributed by atoms with Gasteiger partial charge < -0.3 is 0 Å². The first kappa shape index (κ1) is 7.28. The van der Waals surface area contributed by atoms with E-state index in [1.54, 1.807) is 6.20 Å². The molecule has 0 saturated heterocycles. The molecule has 1 aromatic rings. The summed E-state index contributed by atoms with van der Waals surface area (Å²) in [4.78, 5) is 4.40. The summed E-state index contributed by atoms with van der Waals surface area (Å²) in [7, 11) is 0. The molecule has 0 atom stereocenters. The van der Waals surface area contributed by atoms with Gasteiger partial charge in [-0.1, -0.05) is 6.08 Å². The molecule has 0 amide bonds. The first-order chi connectivity index (χ1) is 5.86.